The fraction of sp³-hybridized carbons (Fsp3) is 0.227. The number of rotatable bonds is 6. The van der Waals surface area contributed by atoms with Crippen molar-refractivity contribution < 1.29 is 31.2 Å². The van der Waals surface area contributed by atoms with E-state index in [0.717, 1.165) is 29.3 Å². The summed E-state index contributed by atoms with van der Waals surface area (Å²) in [4.78, 5) is 0. The standard InChI is InChI=1S/C17H20N2O2S.C5H5.2ClH.Ti/c1-3-20-15-9-5-13(6-10-15)18-17(22)19-14-7-11-16(12-8-14)21-4-2;1-2-4-5-3-1;;;/h5-12H,3-4H2,1-2H3,(H2,18,19,22);1-3H,4H2;2*1H;/q;-1;;;. The molecule has 30 heavy (non-hydrogen) atoms. The molecule has 162 valence electrons. The molecule has 4 nitrogen and oxygen atoms in total. The van der Waals surface area contributed by atoms with Gasteiger partial charge in [0.25, 0.3) is 0 Å². The van der Waals surface area contributed by atoms with Gasteiger partial charge in [0.1, 0.15) is 11.5 Å². The van der Waals surface area contributed by atoms with Crippen LogP contribution >= 0.6 is 37.0 Å². The van der Waals surface area contributed by atoms with Crippen LogP contribution in [0.15, 0.2) is 66.8 Å². The van der Waals surface area contributed by atoms with Crippen LogP contribution in [0.25, 0.3) is 0 Å². The maximum absolute atomic E-state index is 5.40. The Labute approximate surface area is 212 Å². The van der Waals surface area contributed by atoms with Crippen molar-refractivity contribution in [3.63, 3.8) is 0 Å². The Hall–Kier alpha value is -1.50. The van der Waals surface area contributed by atoms with Crippen molar-refractivity contribution in [2.45, 2.75) is 20.3 Å². The second kappa shape index (κ2) is 18.3. The number of thiocarbonyl (C=S) groups is 1. The second-order valence-corrected chi connectivity index (χ2v) is 5.91. The molecule has 0 amide bonds. The number of benzene rings is 2. The number of hydrogen-bond acceptors (Lipinski definition) is 3. The molecular weight excluding hydrogens is 475 g/mol. The van der Waals surface area contributed by atoms with Crippen molar-refractivity contribution >= 4 is 53.5 Å². The van der Waals surface area contributed by atoms with Gasteiger partial charge in [-0.05, 0) is 74.6 Å². The van der Waals surface area contributed by atoms with Crippen LogP contribution in [-0.2, 0) is 21.7 Å². The van der Waals surface area contributed by atoms with Crippen LogP contribution in [-0.4, -0.2) is 18.3 Å². The average Bonchev–Trinajstić information content (AvgIpc) is 3.25. The Balaban J connectivity index is 0. The molecule has 0 spiro atoms. The first-order valence-corrected chi connectivity index (χ1v) is 9.37. The fourth-order valence-corrected chi connectivity index (χ4v) is 2.47. The van der Waals surface area contributed by atoms with Gasteiger partial charge < -0.3 is 20.1 Å². The van der Waals surface area contributed by atoms with Crippen LogP contribution in [0, 0.1) is 6.08 Å². The molecule has 0 heterocycles. The first-order chi connectivity index (χ1) is 13.2. The Bertz CT molecular complexity index is 706. The Morgan fingerprint density at radius 1 is 0.867 bits per heavy atom. The number of hydrogen-bond donors (Lipinski definition) is 2. The van der Waals surface area contributed by atoms with Gasteiger partial charge in [-0.15, -0.1) is 31.2 Å². The summed E-state index contributed by atoms with van der Waals surface area (Å²) in [6, 6.07) is 15.3. The predicted octanol–water partition coefficient (Wildman–Crippen LogP) is 6.44. The maximum Gasteiger partial charge on any atom is 0.175 e. The molecule has 0 atom stereocenters. The number of nitrogens with one attached hydrogen (secondary N) is 2. The van der Waals surface area contributed by atoms with Gasteiger partial charge in [-0.2, -0.15) is 6.08 Å². The van der Waals surface area contributed by atoms with Crippen molar-refractivity contribution in [3.8, 4) is 11.5 Å². The van der Waals surface area contributed by atoms with E-state index in [1.165, 1.54) is 0 Å². The van der Waals surface area contributed by atoms with Crippen molar-refractivity contribution in [2.24, 2.45) is 0 Å². The van der Waals surface area contributed by atoms with E-state index >= 15 is 0 Å². The molecule has 0 aromatic heterocycles. The fourth-order valence-electron chi connectivity index (χ4n) is 2.24. The van der Waals surface area contributed by atoms with Gasteiger partial charge >= 0.3 is 0 Å². The van der Waals surface area contributed by atoms with Crippen LogP contribution in [0.2, 0.25) is 0 Å². The molecule has 0 saturated carbocycles. The average molecular weight is 502 g/mol. The van der Waals surface area contributed by atoms with Gasteiger partial charge in [0, 0.05) is 33.1 Å². The van der Waals surface area contributed by atoms with E-state index in [1.54, 1.807) is 0 Å². The van der Waals surface area contributed by atoms with Gasteiger partial charge in [0.2, 0.25) is 0 Å². The van der Waals surface area contributed by atoms with Gasteiger partial charge in [0.05, 0.1) is 13.2 Å². The Morgan fingerprint density at radius 2 is 1.30 bits per heavy atom. The minimum Gasteiger partial charge on any atom is -0.494 e. The van der Waals surface area contributed by atoms with Crippen molar-refractivity contribution in [2.75, 3.05) is 23.8 Å². The Kier molecular flexibility index (Phi) is 18.7. The molecular formula is C22H27Cl2N2O2STi-. The van der Waals surface area contributed by atoms with E-state index in [4.69, 9.17) is 21.7 Å². The second-order valence-electron chi connectivity index (χ2n) is 5.50. The zero-order chi connectivity index (χ0) is 19.3. The maximum atomic E-state index is 5.40. The summed E-state index contributed by atoms with van der Waals surface area (Å²) < 4.78 is 10.8. The number of allylic oxidation sites excluding steroid dienone is 4. The van der Waals surface area contributed by atoms with E-state index in [-0.39, 0.29) is 46.5 Å². The van der Waals surface area contributed by atoms with E-state index in [1.807, 2.05) is 74.5 Å². The molecule has 3 rings (SSSR count). The third kappa shape index (κ3) is 12.3. The SMILES string of the molecule is CCOc1ccc(NC(=S)Nc2ccc(OCC)cc2)cc1.Cl.Cl.[C-]1=CC=CC1.[Ti]. The van der Waals surface area contributed by atoms with Crippen LogP contribution in [0.5, 0.6) is 11.5 Å². The van der Waals surface area contributed by atoms with Crippen LogP contribution < -0.4 is 20.1 Å². The van der Waals surface area contributed by atoms with Crippen LogP contribution in [0.4, 0.5) is 11.4 Å². The van der Waals surface area contributed by atoms with Gasteiger partial charge in [-0.3, -0.25) is 6.08 Å². The summed E-state index contributed by atoms with van der Waals surface area (Å²) in [5.41, 5.74) is 1.82. The first kappa shape index (κ1) is 30.7. The predicted molar refractivity (Wildman–Crippen MR) is 131 cm³/mol. The van der Waals surface area contributed by atoms with Crippen molar-refractivity contribution in [3.05, 3.63) is 72.8 Å². The minimum atomic E-state index is 0. The topological polar surface area (TPSA) is 42.5 Å². The molecule has 1 aliphatic rings. The summed E-state index contributed by atoms with van der Waals surface area (Å²) in [6.45, 7) is 5.24. The number of ether oxygens (including phenoxy) is 2. The number of anilines is 2. The molecule has 0 saturated heterocycles. The largest absolute Gasteiger partial charge is 0.494 e. The summed E-state index contributed by atoms with van der Waals surface area (Å²) in [7, 11) is 0. The first-order valence-electron chi connectivity index (χ1n) is 8.96. The molecule has 0 radical (unpaired) electrons. The van der Waals surface area contributed by atoms with Crippen LogP contribution in [0.1, 0.15) is 20.3 Å². The van der Waals surface area contributed by atoms with Crippen LogP contribution in [0.3, 0.4) is 0 Å². The van der Waals surface area contributed by atoms with Crippen molar-refractivity contribution in [1.82, 2.24) is 0 Å². The van der Waals surface area contributed by atoms with Gasteiger partial charge in [-0.1, -0.05) is 0 Å². The van der Waals surface area contributed by atoms with E-state index in [9.17, 15) is 0 Å². The molecule has 0 aliphatic heterocycles. The third-order valence-electron chi connectivity index (χ3n) is 3.43. The summed E-state index contributed by atoms with van der Waals surface area (Å²) in [5.74, 6) is 1.69. The summed E-state index contributed by atoms with van der Waals surface area (Å²) in [5, 5.41) is 6.80. The third-order valence-corrected chi connectivity index (χ3v) is 3.64. The zero-order valence-corrected chi connectivity index (χ0v) is 21.0. The summed E-state index contributed by atoms with van der Waals surface area (Å²) >= 11 is 5.30. The van der Waals surface area contributed by atoms with E-state index < -0.39 is 0 Å². The normalized spacial score (nSPS) is 10.2. The van der Waals surface area contributed by atoms with E-state index in [0.29, 0.717) is 18.3 Å². The van der Waals surface area contributed by atoms with E-state index in [2.05, 4.69) is 22.8 Å². The molecule has 0 unspecified atom stereocenters. The quantitative estimate of drug-likeness (QED) is 0.271. The molecule has 8 heteroatoms. The van der Waals surface area contributed by atoms with Gasteiger partial charge in [-0.25, -0.2) is 12.2 Å². The minimum absolute atomic E-state index is 0. The Morgan fingerprint density at radius 3 is 1.57 bits per heavy atom. The zero-order valence-electron chi connectivity index (χ0n) is 17.0. The molecule has 2 N–H and O–H groups in total. The molecule has 0 fully saturated rings. The van der Waals surface area contributed by atoms with Gasteiger partial charge in [0.15, 0.2) is 5.11 Å². The molecule has 1 aliphatic carbocycles. The molecule has 2 aromatic carbocycles. The summed E-state index contributed by atoms with van der Waals surface area (Å²) in [6.07, 6.45) is 10.0. The smallest absolute Gasteiger partial charge is 0.175 e. The molecule has 0 bridgehead atoms. The molecule has 2 aromatic rings. The number of halogens is 2. The monoisotopic (exact) mass is 501 g/mol. The van der Waals surface area contributed by atoms with Crippen molar-refractivity contribution in [1.29, 1.82) is 0 Å².